The van der Waals surface area contributed by atoms with Gasteiger partial charge in [0.05, 0.1) is 4.90 Å². The van der Waals surface area contributed by atoms with Crippen LogP contribution in [0.2, 0.25) is 0 Å². The normalized spacial score (nSPS) is 19.2. The van der Waals surface area contributed by atoms with Gasteiger partial charge in [0.2, 0.25) is 15.9 Å². The molecule has 2 aliphatic heterocycles. The molecule has 0 aliphatic carbocycles. The quantitative estimate of drug-likeness (QED) is 0.621. The van der Waals surface area contributed by atoms with Crippen LogP contribution >= 0.6 is 0 Å². The largest absolute Gasteiger partial charge is 0.353 e. The maximum Gasteiger partial charge on any atom is 0.243 e. The Balaban J connectivity index is 1.42. The minimum absolute atomic E-state index is 0.0766. The molecule has 3 rings (SSSR count). The molecule has 1 aromatic rings. The van der Waals surface area contributed by atoms with Gasteiger partial charge in [0.15, 0.2) is 0 Å². The second-order valence-electron chi connectivity index (χ2n) is 9.03. The molecule has 2 saturated heterocycles. The average molecular weight is 448 g/mol. The Bertz CT molecular complexity index is 847. The Labute approximate surface area is 187 Å². The lowest BCUT2D eigenvalue weighted by molar-refractivity contribution is -0.122. The van der Waals surface area contributed by atoms with Crippen molar-refractivity contribution in [2.45, 2.75) is 69.7 Å². The van der Waals surface area contributed by atoms with Gasteiger partial charge in [-0.2, -0.15) is 4.31 Å². The molecule has 0 bridgehead atoms. The van der Waals surface area contributed by atoms with Gasteiger partial charge in [0, 0.05) is 45.2 Å². The number of nitrogens with one attached hydrogen (secondary N) is 1. The molecular formula is C24H37N3O3S. The predicted molar refractivity (Wildman–Crippen MR) is 124 cm³/mol. The number of allylic oxidation sites excluding steroid dienone is 1. The number of sulfonamides is 1. The number of carbonyl (C=O) groups is 1. The first-order valence-corrected chi connectivity index (χ1v) is 13.0. The van der Waals surface area contributed by atoms with Crippen LogP contribution in [0, 0.1) is 0 Å². The van der Waals surface area contributed by atoms with E-state index in [-0.39, 0.29) is 11.9 Å². The molecule has 7 heteroatoms. The average Bonchev–Trinajstić information content (AvgIpc) is 2.78. The van der Waals surface area contributed by atoms with Gasteiger partial charge in [0.1, 0.15) is 0 Å². The second-order valence-corrected chi connectivity index (χ2v) is 11.0. The summed E-state index contributed by atoms with van der Waals surface area (Å²) < 4.78 is 27.1. The minimum atomic E-state index is -3.40. The molecule has 2 aliphatic rings. The summed E-state index contributed by atoms with van der Waals surface area (Å²) in [5.41, 5.74) is 2.33. The van der Waals surface area contributed by atoms with Gasteiger partial charge in [0.25, 0.3) is 0 Å². The highest BCUT2D eigenvalue weighted by atomic mass is 32.2. The van der Waals surface area contributed by atoms with Crippen LogP contribution in [0.25, 0.3) is 0 Å². The van der Waals surface area contributed by atoms with Gasteiger partial charge in [-0.3, -0.25) is 9.69 Å². The summed E-state index contributed by atoms with van der Waals surface area (Å²) >= 11 is 0. The Morgan fingerprint density at radius 3 is 2.29 bits per heavy atom. The summed E-state index contributed by atoms with van der Waals surface area (Å²) in [6, 6.07) is 7.30. The Kier molecular flexibility index (Phi) is 8.69. The standard InChI is InChI=1S/C24H37N3O3S/c1-20(2)12-17-26-18-13-22(14-19-26)25-24(28)11-8-21-6-9-23(10-7-21)31(29,30)27-15-4-3-5-16-27/h6-7,9-10,12,22H,3-5,8,11,13-19H2,1-2H3,(H,25,28). The molecule has 172 valence electrons. The smallest absolute Gasteiger partial charge is 0.243 e. The fourth-order valence-corrected chi connectivity index (χ4v) is 5.73. The fraction of sp³-hybridized carbons (Fsp3) is 0.625. The molecular weight excluding hydrogens is 410 g/mol. The molecule has 0 radical (unpaired) electrons. The lowest BCUT2D eigenvalue weighted by Crippen LogP contribution is -2.44. The van der Waals surface area contributed by atoms with Crippen molar-refractivity contribution in [3.63, 3.8) is 0 Å². The molecule has 6 nitrogen and oxygen atoms in total. The van der Waals surface area contributed by atoms with Crippen molar-refractivity contribution in [3.8, 4) is 0 Å². The summed E-state index contributed by atoms with van der Waals surface area (Å²) in [5, 5.41) is 3.17. The number of carbonyl (C=O) groups excluding carboxylic acids is 1. The highest BCUT2D eigenvalue weighted by molar-refractivity contribution is 7.89. The highest BCUT2D eigenvalue weighted by Crippen LogP contribution is 2.21. The van der Waals surface area contributed by atoms with Gasteiger partial charge in [-0.25, -0.2) is 8.42 Å². The summed E-state index contributed by atoms with van der Waals surface area (Å²) in [4.78, 5) is 15.2. The first-order chi connectivity index (χ1) is 14.8. The number of aryl methyl sites for hydroxylation is 1. The first-order valence-electron chi connectivity index (χ1n) is 11.6. The zero-order valence-electron chi connectivity index (χ0n) is 19.0. The lowest BCUT2D eigenvalue weighted by atomic mass is 10.0. The second kappa shape index (κ2) is 11.2. The molecule has 0 saturated carbocycles. The number of benzene rings is 1. The van der Waals surface area contributed by atoms with Crippen molar-refractivity contribution < 1.29 is 13.2 Å². The van der Waals surface area contributed by atoms with Crippen molar-refractivity contribution in [2.75, 3.05) is 32.7 Å². The number of nitrogens with zero attached hydrogens (tertiary/aromatic N) is 2. The number of likely N-dealkylation sites (tertiary alicyclic amines) is 1. The summed E-state index contributed by atoms with van der Waals surface area (Å²) in [6.45, 7) is 8.48. The summed E-state index contributed by atoms with van der Waals surface area (Å²) in [6.07, 6.45) is 8.24. The van der Waals surface area contributed by atoms with Crippen LogP contribution in [0.5, 0.6) is 0 Å². The number of amides is 1. The highest BCUT2D eigenvalue weighted by Gasteiger charge is 2.25. The van der Waals surface area contributed by atoms with E-state index in [9.17, 15) is 13.2 Å². The number of hydrogen-bond acceptors (Lipinski definition) is 4. The van der Waals surface area contributed by atoms with Gasteiger partial charge < -0.3 is 5.32 Å². The van der Waals surface area contributed by atoms with E-state index in [1.54, 1.807) is 16.4 Å². The van der Waals surface area contributed by atoms with Crippen LogP contribution in [-0.2, 0) is 21.2 Å². The maximum atomic E-state index is 12.7. The van der Waals surface area contributed by atoms with E-state index >= 15 is 0 Å². The molecule has 0 spiro atoms. The molecule has 2 heterocycles. The third-order valence-electron chi connectivity index (χ3n) is 6.23. The fourth-order valence-electron chi connectivity index (χ4n) is 4.21. The zero-order chi connectivity index (χ0) is 22.3. The molecule has 1 N–H and O–H groups in total. The van der Waals surface area contributed by atoms with Crippen LogP contribution in [-0.4, -0.2) is 62.3 Å². The van der Waals surface area contributed by atoms with Crippen molar-refractivity contribution >= 4 is 15.9 Å². The van der Waals surface area contributed by atoms with Crippen LogP contribution < -0.4 is 5.32 Å². The van der Waals surface area contributed by atoms with Gasteiger partial charge >= 0.3 is 0 Å². The Morgan fingerprint density at radius 1 is 1.03 bits per heavy atom. The van der Waals surface area contributed by atoms with Crippen LogP contribution in [0.4, 0.5) is 0 Å². The van der Waals surface area contributed by atoms with Crippen molar-refractivity contribution in [3.05, 3.63) is 41.5 Å². The number of rotatable bonds is 8. The first kappa shape index (κ1) is 24.0. The lowest BCUT2D eigenvalue weighted by Gasteiger charge is -2.31. The third-order valence-corrected chi connectivity index (χ3v) is 8.14. The van der Waals surface area contributed by atoms with E-state index in [0.717, 1.165) is 57.3 Å². The molecule has 1 aromatic carbocycles. The van der Waals surface area contributed by atoms with Crippen molar-refractivity contribution in [1.82, 2.24) is 14.5 Å². The molecule has 0 aromatic heterocycles. The van der Waals surface area contributed by atoms with Crippen molar-refractivity contribution in [1.29, 1.82) is 0 Å². The van der Waals surface area contributed by atoms with Gasteiger partial charge in [-0.15, -0.1) is 0 Å². The van der Waals surface area contributed by atoms with Crippen LogP contribution in [0.1, 0.15) is 57.9 Å². The Hall–Kier alpha value is -1.70. The van der Waals surface area contributed by atoms with Gasteiger partial charge in [-0.05, 0) is 63.6 Å². The van der Waals surface area contributed by atoms with E-state index in [0.29, 0.717) is 30.8 Å². The van der Waals surface area contributed by atoms with Gasteiger partial charge in [-0.1, -0.05) is 30.2 Å². The monoisotopic (exact) mass is 447 g/mol. The molecule has 1 amide bonds. The van der Waals surface area contributed by atoms with E-state index in [1.165, 1.54) is 5.57 Å². The van der Waals surface area contributed by atoms with Crippen molar-refractivity contribution in [2.24, 2.45) is 0 Å². The third kappa shape index (κ3) is 7.16. The zero-order valence-corrected chi connectivity index (χ0v) is 19.8. The van der Waals surface area contributed by atoms with E-state index in [1.807, 2.05) is 12.1 Å². The van der Waals surface area contributed by atoms with Crippen LogP contribution in [0.15, 0.2) is 40.8 Å². The molecule has 0 atom stereocenters. The molecule has 0 unspecified atom stereocenters. The Morgan fingerprint density at radius 2 is 1.68 bits per heavy atom. The summed E-state index contributed by atoms with van der Waals surface area (Å²) in [5.74, 6) is 0.0766. The molecule has 2 fully saturated rings. The number of piperidine rings is 2. The maximum absolute atomic E-state index is 12.7. The SMILES string of the molecule is CC(C)=CCN1CCC(NC(=O)CCc2ccc(S(=O)(=O)N3CCCCC3)cc2)CC1. The number of hydrogen-bond donors (Lipinski definition) is 1. The summed E-state index contributed by atoms with van der Waals surface area (Å²) in [7, 11) is -3.40. The van der Waals surface area contributed by atoms with E-state index in [2.05, 4.69) is 30.1 Å². The van der Waals surface area contributed by atoms with E-state index < -0.39 is 10.0 Å². The van der Waals surface area contributed by atoms with Crippen LogP contribution in [0.3, 0.4) is 0 Å². The minimum Gasteiger partial charge on any atom is -0.353 e. The molecule has 31 heavy (non-hydrogen) atoms. The van der Waals surface area contributed by atoms with E-state index in [4.69, 9.17) is 0 Å². The topological polar surface area (TPSA) is 69.7 Å². The predicted octanol–water partition coefficient (Wildman–Crippen LogP) is 3.34.